The Balaban J connectivity index is 1.92. The summed E-state index contributed by atoms with van der Waals surface area (Å²) >= 11 is 0. The van der Waals surface area contributed by atoms with Crippen LogP contribution in [-0.4, -0.2) is 19.8 Å². The Bertz CT molecular complexity index is 250. The number of rotatable bonds is 4. The molecule has 0 spiro atoms. The van der Waals surface area contributed by atoms with Crippen molar-refractivity contribution in [3.63, 3.8) is 0 Å². The molecular formula is C9H12O3. The molecule has 2 heterocycles. The predicted molar refractivity (Wildman–Crippen MR) is 42.9 cm³/mol. The van der Waals surface area contributed by atoms with Gasteiger partial charge in [-0.25, -0.2) is 0 Å². The van der Waals surface area contributed by atoms with E-state index >= 15 is 0 Å². The first-order valence-corrected chi connectivity index (χ1v) is 4.06. The highest BCUT2D eigenvalue weighted by Crippen LogP contribution is 2.18. The number of epoxide rings is 1. The minimum Gasteiger partial charge on any atom is -0.464 e. The van der Waals surface area contributed by atoms with Crippen LogP contribution in [0.3, 0.4) is 0 Å². The van der Waals surface area contributed by atoms with Crippen LogP contribution in [-0.2, 0) is 22.5 Å². The number of hydrogen-bond acceptors (Lipinski definition) is 3. The zero-order valence-electron chi connectivity index (χ0n) is 7.08. The highest BCUT2D eigenvalue weighted by atomic mass is 16.6. The minimum atomic E-state index is 0.395. The van der Waals surface area contributed by atoms with E-state index < -0.39 is 0 Å². The number of furan rings is 1. The molecule has 0 aliphatic carbocycles. The van der Waals surface area contributed by atoms with Crippen molar-refractivity contribution < 1.29 is 13.9 Å². The smallest absolute Gasteiger partial charge is 0.129 e. The lowest BCUT2D eigenvalue weighted by Crippen LogP contribution is -1.89. The molecule has 1 saturated heterocycles. The van der Waals surface area contributed by atoms with Gasteiger partial charge in [-0.3, -0.25) is 0 Å². The molecule has 1 unspecified atom stereocenters. The van der Waals surface area contributed by atoms with Crippen LogP contribution in [0.1, 0.15) is 11.5 Å². The van der Waals surface area contributed by atoms with Crippen molar-refractivity contribution in [3.8, 4) is 0 Å². The molecule has 3 heteroatoms. The lowest BCUT2D eigenvalue weighted by atomic mass is 10.3. The molecule has 1 fully saturated rings. The third-order valence-corrected chi connectivity index (χ3v) is 1.84. The lowest BCUT2D eigenvalue weighted by molar-refractivity contribution is 0.162. The fourth-order valence-corrected chi connectivity index (χ4v) is 1.16. The van der Waals surface area contributed by atoms with Gasteiger partial charge in [-0.15, -0.1) is 0 Å². The van der Waals surface area contributed by atoms with Crippen LogP contribution >= 0.6 is 0 Å². The number of methoxy groups -OCH3 is 1. The molecule has 0 bridgehead atoms. The van der Waals surface area contributed by atoms with Gasteiger partial charge in [-0.05, 0) is 12.1 Å². The van der Waals surface area contributed by atoms with Crippen molar-refractivity contribution in [2.45, 2.75) is 19.1 Å². The monoisotopic (exact) mass is 168 g/mol. The maximum Gasteiger partial charge on any atom is 0.129 e. The van der Waals surface area contributed by atoms with Gasteiger partial charge in [0.15, 0.2) is 0 Å². The first kappa shape index (κ1) is 7.83. The Morgan fingerprint density at radius 2 is 2.25 bits per heavy atom. The van der Waals surface area contributed by atoms with E-state index in [-0.39, 0.29) is 0 Å². The summed E-state index contributed by atoms with van der Waals surface area (Å²) < 4.78 is 15.5. The highest BCUT2D eigenvalue weighted by Gasteiger charge is 2.23. The van der Waals surface area contributed by atoms with Gasteiger partial charge in [0, 0.05) is 13.5 Å². The molecule has 1 aromatic heterocycles. The second kappa shape index (κ2) is 3.29. The Morgan fingerprint density at radius 1 is 1.50 bits per heavy atom. The van der Waals surface area contributed by atoms with Crippen molar-refractivity contribution in [2.24, 2.45) is 0 Å². The zero-order valence-corrected chi connectivity index (χ0v) is 7.08. The molecule has 0 amide bonds. The Kier molecular flexibility index (Phi) is 2.15. The van der Waals surface area contributed by atoms with Crippen molar-refractivity contribution in [2.75, 3.05) is 13.7 Å². The van der Waals surface area contributed by atoms with E-state index in [9.17, 15) is 0 Å². The second-order valence-electron chi connectivity index (χ2n) is 2.96. The molecule has 0 aromatic carbocycles. The van der Waals surface area contributed by atoms with Gasteiger partial charge < -0.3 is 13.9 Å². The molecule has 2 rings (SSSR count). The topological polar surface area (TPSA) is 34.9 Å². The lowest BCUT2D eigenvalue weighted by Gasteiger charge is -1.93. The van der Waals surface area contributed by atoms with E-state index in [0.29, 0.717) is 12.7 Å². The first-order valence-electron chi connectivity index (χ1n) is 4.06. The normalized spacial score (nSPS) is 21.2. The molecule has 0 saturated carbocycles. The van der Waals surface area contributed by atoms with Crippen molar-refractivity contribution >= 4 is 0 Å². The van der Waals surface area contributed by atoms with Crippen LogP contribution in [0.2, 0.25) is 0 Å². The molecule has 1 aliphatic rings. The van der Waals surface area contributed by atoms with E-state index in [1.807, 2.05) is 12.1 Å². The summed E-state index contributed by atoms with van der Waals surface area (Å²) in [5, 5.41) is 0. The summed E-state index contributed by atoms with van der Waals surface area (Å²) in [4.78, 5) is 0. The van der Waals surface area contributed by atoms with E-state index in [2.05, 4.69) is 0 Å². The van der Waals surface area contributed by atoms with Crippen LogP contribution in [0.4, 0.5) is 0 Å². The summed E-state index contributed by atoms with van der Waals surface area (Å²) in [6.07, 6.45) is 1.29. The van der Waals surface area contributed by atoms with Crippen LogP contribution in [0.15, 0.2) is 16.5 Å². The standard InChI is InChI=1S/C9H12O3/c1-10-5-8-3-2-7(12-8)4-9-6-11-9/h2-3,9H,4-6H2,1H3. The minimum absolute atomic E-state index is 0.395. The second-order valence-corrected chi connectivity index (χ2v) is 2.96. The maximum atomic E-state index is 5.47. The molecule has 0 radical (unpaired) electrons. The maximum absolute atomic E-state index is 5.47. The van der Waals surface area contributed by atoms with Gasteiger partial charge >= 0.3 is 0 Å². The zero-order chi connectivity index (χ0) is 8.39. The van der Waals surface area contributed by atoms with E-state index in [0.717, 1.165) is 24.5 Å². The predicted octanol–water partition coefficient (Wildman–Crippen LogP) is 1.37. The molecule has 3 nitrogen and oxygen atoms in total. The Morgan fingerprint density at radius 3 is 2.92 bits per heavy atom. The molecule has 66 valence electrons. The molecule has 0 N–H and O–H groups in total. The third kappa shape index (κ3) is 1.87. The van der Waals surface area contributed by atoms with E-state index in [1.54, 1.807) is 7.11 Å². The highest BCUT2D eigenvalue weighted by molar-refractivity contribution is 5.08. The molecule has 12 heavy (non-hydrogen) atoms. The average molecular weight is 168 g/mol. The van der Waals surface area contributed by atoms with Gasteiger partial charge in [0.05, 0.1) is 12.7 Å². The first-order chi connectivity index (χ1) is 5.88. The van der Waals surface area contributed by atoms with Gasteiger partial charge in [0.2, 0.25) is 0 Å². The van der Waals surface area contributed by atoms with Gasteiger partial charge in [-0.2, -0.15) is 0 Å². The fraction of sp³-hybridized carbons (Fsp3) is 0.556. The van der Waals surface area contributed by atoms with E-state index in [1.165, 1.54) is 0 Å². The van der Waals surface area contributed by atoms with E-state index in [4.69, 9.17) is 13.9 Å². The average Bonchev–Trinajstić information content (AvgIpc) is 2.74. The van der Waals surface area contributed by atoms with Gasteiger partial charge in [0.25, 0.3) is 0 Å². The van der Waals surface area contributed by atoms with Crippen LogP contribution in [0.25, 0.3) is 0 Å². The van der Waals surface area contributed by atoms with Crippen molar-refractivity contribution in [1.29, 1.82) is 0 Å². The number of ether oxygens (including phenoxy) is 2. The SMILES string of the molecule is COCc1ccc(CC2CO2)o1. The van der Waals surface area contributed by atoms with Gasteiger partial charge in [0.1, 0.15) is 18.1 Å². The number of hydrogen-bond donors (Lipinski definition) is 0. The summed E-state index contributed by atoms with van der Waals surface area (Å²) in [6, 6.07) is 3.93. The largest absolute Gasteiger partial charge is 0.464 e. The molecule has 1 atom stereocenters. The van der Waals surface area contributed by atoms with Crippen molar-refractivity contribution in [1.82, 2.24) is 0 Å². The summed E-state index contributed by atoms with van der Waals surface area (Å²) in [7, 11) is 1.66. The Hall–Kier alpha value is -0.800. The van der Waals surface area contributed by atoms with Crippen LogP contribution in [0.5, 0.6) is 0 Å². The quantitative estimate of drug-likeness (QED) is 0.637. The van der Waals surface area contributed by atoms with Crippen LogP contribution < -0.4 is 0 Å². The van der Waals surface area contributed by atoms with Crippen molar-refractivity contribution in [3.05, 3.63) is 23.7 Å². The fourth-order valence-electron chi connectivity index (χ4n) is 1.16. The summed E-state index contributed by atoms with van der Waals surface area (Å²) in [5.41, 5.74) is 0. The molecule has 1 aromatic rings. The molecular weight excluding hydrogens is 156 g/mol. The molecule has 1 aliphatic heterocycles. The third-order valence-electron chi connectivity index (χ3n) is 1.84. The van der Waals surface area contributed by atoms with Gasteiger partial charge in [-0.1, -0.05) is 0 Å². The van der Waals surface area contributed by atoms with Crippen LogP contribution in [0, 0.1) is 0 Å². The summed E-state index contributed by atoms with van der Waals surface area (Å²) in [5.74, 6) is 1.87. The Labute approximate surface area is 71.3 Å². The summed E-state index contributed by atoms with van der Waals surface area (Å²) in [6.45, 7) is 1.42.